The maximum absolute atomic E-state index is 12.8. The number of ketones is 1. The van der Waals surface area contributed by atoms with Crippen LogP contribution in [0.1, 0.15) is 28.4 Å². The van der Waals surface area contributed by atoms with Crippen molar-refractivity contribution in [2.24, 2.45) is 5.14 Å². The Morgan fingerprint density at radius 2 is 1.69 bits per heavy atom. The first kappa shape index (κ1) is 21.5. The molecule has 0 amide bonds. The van der Waals surface area contributed by atoms with Crippen molar-refractivity contribution in [2.75, 3.05) is 5.32 Å². The maximum Gasteiger partial charge on any atom is 0.238 e. The highest BCUT2D eigenvalue weighted by molar-refractivity contribution is 9.10. The van der Waals surface area contributed by atoms with E-state index in [-0.39, 0.29) is 23.1 Å². The Kier molecular flexibility index (Phi) is 6.74. The number of hydrogen-bond acceptors (Lipinski definition) is 4. The van der Waals surface area contributed by atoms with Crippen molar-refractivity contribution in [1.82, 2.24) is 0 Å². The number of rotatable bonds is 7. The molecule has 3 aromatic rings. The van der Waals surface area contributed by atoms with Gasteiger partial charge in [-0.3, -0.25) is 4.79 Å². The van der Waals surface area contributed by atoms with Crippen LogP contribution >= 0.6 is 27.5 Å². The Bertz CT molecular complexity index is 1120. The van der Waals surface area contributed by atoms with Crippen molar-refractivity contribution < 1.29 is 13.2 Å². The van der Waals surface area contributed by atoms with Crippen LogP contribution in [-0.4, -0.2) is 14.2 Å². The number of nitrogens with one attached hydrogen (secondary N) is 1. The van der Waals surface area contributed by atoms with E-state index in [4.69, 9.17) is 16.7 Å². The summed E-state index contributed by atoms with van der Waals surface area (Å²) >= 11 is 9.50. The van der Waals surface area contributed by atoms with Crippen LogP contribution in [0.5, 0.6) is 0 Å². The molecule has 3 N–H and O–H groups in total. The summed E-state index contributed by atoms with van der Waals surface area (Å²) in [5.41, 5.74) is 2.11. The van der Waals surface area contributed by atoms with Crippen molar-refractivity contribution >= 4 is 49.0 Å². The molecule has 1 atom stereocenters. The maximum atomic E-state index is 12.8. The summed E-state index contributed by atoms with van der Waals surface area (Å²) in [6.07, 6.45) is 0.193. The number of carbonyl (C=O) groups excluding carboxylic acids is 1. The molecule has 0 fully saturated rings. The minimum Gasteiger partial charge on any atom is -0.378 e. The lowest BCUT2D eigenvalue weighted by Crippen LogP contribution is -2.16. The van der Waals surface area contributed by atoms with Gasteiger partial charge in [-0.05, 0) is 54.1 Å². The van der Waals surface area contributed by atoms with E-state index >= 15 is 0 Å². The van der Waals surface area contributed by atoms with Crippen molar-refractivity contribution in [3.63, 3.8) is 0 Å². The van der Waals surface area contributed by atoms with Gasteiger partial charge in [-0.15, -0.1) is 0 Å². The molecule has 3 aromatic carbocycles. The van der Waals surface area contributed by atoms with Crippen LogP contribution in [-0.2, 0) is 10.0 Å². The summed E-state index contributed by atoms with van der Waals surface area (Å²) in [7, 11) is -3.77. The molecule has 3 rings (SSSR count). The van der Waals surface area contributed by atoms with Crippen LogP contribution in [0.4, 0.5) is 5.69 Å². The summed E-state index contributed by atoms with van der Waals surface area (Å²) in [6.45, 7) is 0. The van der Waals surface area contributed by atoms with Gasteiger partial charge < -0.3 is 5.32 Å². The third-order valence-electron chi connectivity index (χ3n) is 4.33. The first-order valence-electron chi connectivity index (χ1n) is 8.66. The second-order valence-electron chi connectivity index (χ2n) is 6.46. The summed E-state index contributed by atoms with van der Waals surface area (Å²) in [6, 6.07) is 20.1. The van der Waals surface area contributed by atoms with Crippen LogP contribution in [0.15, 0.2) is 82.2 Å². The van der Waals surface area contributed by atoms with E-state index in [0.717, 1.165) is 10.0 Å². The van der Waals surface area contributed by atoms with E-state index in [1.165, 1.54) is 12.1 Å². The average molecular weight is 494 g/mol. The topological polar surface area (TPSA) is 89.3 Å². The molecule has 150 valence electrons. The van der Waals surface area contributed by atoms with E-state index in [1.807, 2.05) is 24.3 Å². The molecule has 0 heterocycles. The van der Waals surface area contributed by atoms with Gasteiger partial charge in [-0.2, -0.15) is 0 Å². The highest BCUT2D eigenvalue weighted by Gasteiger charge is 2.18. The van der Waals surface area contributed by atoms with Gasteiger partial charge in [0.2, 0.25) is 10.0 Å². The number of anilines is 1. The fourth-order valence-electron chi connectivity index (χ4n) is 2.86. The van der Waals surface area contributed by atoms with Crippen molar-refractivity contribution in [3.05, 3.63) is 93.4 Å². The van der Waals surface area contributed by atoms with Crippen molar-refractivity contribution in [3.8, 4) is 0 Å². The summed E-state index contributed by atoms with van der Waals surface area (Å²) in [5, 5.41) is 9.00. The Balaban J connectivity index is 1.87. The molecule has 0 aliphatic carbocycles. The molecule has 0 saturated carbocycles. The summed E-state index contributed by atoms with van der Waals surface area (Å²) < 4.78 is 23.8. The molecular weight excluding hydrogens is 476 g/mol. The van der Waals surface area contributed by atoms with Crippen LogP contribution in [0.3, 0.4) is 0 Å². The molecule has 0 aliphatic heterocycles. The first-order chi connectivity index (χ1) is 13.7. The molecular formula is C21H18BrClN2O3S. The normalized spacial score (nSPS) is 12.4. The van der Waals surface area contributed by atoms with E-state index in [9.17, 15) is 13.2 Å². The number of hydrogen-bond donors (Lipinski definition) is 2. The number of primary sulfonamides is 1. The zero-order chi connectivity index (χ0) is 21.0. The van der Waals surface area contributed by atoms with Gasteiger partial charge in [0.25, 0.3) is 0 Å². The SMILES string of the molecule is NS(=O)(=O)c1ccc(NC(CC(=O)c2ccc(Br)cc2)c2cccc(Cl)c2)cc1. The lowest BCUT2D eigenvalue weighted by Gasteiger charge is -2.20. The van der Waals surface area contributed by atoms with E-state index < -0.39 is 10.0 Å². The van der Waals surface area contributed by atoms with Crippen LogP contribution in [0, 0.1) is 0 Å². The van der Waals surface area contributed by atoms with Gasteiger partial charge in [-0.1, -0.05) is 51.8 Å². The molecule has 0 aromatic heterocycles. The highest BCUT2D eigenvalue weighted by atomic mass is 79.9. The summed E-state index contributed by atoms with van der Waals surface area (Å²) in [4.78, 5) is 12.8. The number of Topliss-reactive ketones (excluding diaryl/α,β-unsaturated/α-hetero) is 1. The Hall–Kier alpha value is -2.19. The molecule has 1 unspecified atom stereocenters. The standard InChI is InChI=1S/C21H18BrClN2O3S/c22-16-6-4-14(5-7-16)21(26)13-20(15-2-1-3-17(23)12-15)25-18-8-10-19(11-9-18)29(24,27)28/h1-12,20,25H,13H2,(H2,24,27,28). The third kappa shape index (κ3) is 5.90. The fraction of sp³-hybridized carbons (Fsp3) is 0.0952. The van der Waals surface area contributed by atoms with Gasteiger partial charge in [-0.25, -0.2) is 13.6 Å². The zero-order valence-corrected chi connectivity index (χ0v) is 18.3. The average Bonchev–Trinajstić information content (AvgIpc) is 2.67. The minimum atomic E-state index is -3.77. The molecule has 8 heteroatoms. The third-order valence-corrected chi connectivity index (χ3v) is 6.02. The molecule has 29 heavy (non-hydrogen) atoms. The number of sulfonamides is 1. The summed E-state index contributed by atoms with van der Waals surface area (Å²) in [5.74, 6) is -0.0314. The van der Waals surface area contributed by atoms with E-state index in [1.54, 1.807) is 36.4 Å². The Morgan fingerprint density at radius 1 is 1.03 bits per heavy atom. The van der Waals surface area contributed by atoms with Gasteiger partial charge in [0, 0.05) is 27.2 Å². The molecule has 0 saturated heterocycles. The molecule has 0 spiro atoms. The first-order valence-corrected chi connectivity index (χ1v) is 11.4. The number of halogens is 2. The monoisotopic (exact) mass is 492 g/mol. The van der Waals surface area contributed by atoms with E-state index in [2.05, 4.69) is 21.2 Å². The smallest absolute Gasteiger partial charge is 0.238 e. The van der Waals surface area contributed by atoms with Gasteiger partial charge in [0.15, 0.2) is 5.78 Å². The number of carbonyl (C=O) groups is 1. The number of benzene rings is 3. The van der Waals surface area contributed by atoms with E-state index in [0.29, 0.717) is 16.3 Å². The Morgan fingerprint density at radius 3 is 2.28 bits per heavy atom. The lowest BCUT2D eigenvalue weighted by molar-refractivity contribution is 0.0976. The zero-order valence-electron chi connectivity index (χ0n) is 15.2. The van der Waals surface area contributed by atoms with Crippen LogP contribution < -0.4 is 10.5 Å². The predicted octanol–water partition coefficient (Wildman–Crippen LogP) is 5.18. The lowest BCUT2D eigenvalue weighted by atomic mass is 9.97. The van der Waals surface area contributed by atoms with Crippen molar-refractivity contribution in [1.29, 1.82) is 0 Å². The van der Waals surface area contributed by atoms with Gasteiger partial charge in [0.05, 0.1) is 10.9 Å². The fourth-order valence-corrected chi connectivity index (χ4v) is 3.84. The second-order valence-corrected chi connectivity index (χ2v) is 9.37. The van der Waals surface area contributed by atoms with Crippen LogP contribution in [0.2, 0.25) is 5.02 Å². The molecule has 0 radical (unpaired) electrons. The van der Waals surface area contributed by atoms with Gasteiger partial charge in [0.1, 0.15) is 0 Å². The van der Waals surface area contributed by atoms with Crippen LogP contribution in [0.25, 0.3) is 0 Å². The largest absolute Gasteiger partial charge is 0.378 e. The van der Waals surface area contributed by atoms with Crippen molar-refractivity contribution in [2.45, 2.75) is 17.4 Å². The molecule has 0 bridgehead atoms. The number of nitrogens with two attached hydrogens (primary N) is 1. The van der Waals surface area contributed by atoms with Gasteiger partial charge >= 0.3 is 0 Å². The molecule has 0 aliphatic rings. The Labute approximate surface area is 183 Å². The molecule has 5 nitrogen and oxygen atoms in total. The highest BCUT2D eigenvalue weighted by Crippen LogP contribution is 2.27. The predicted molar refractivity (Wildman–Crippen MR) is 119 cm³/mol. The quantitative estimate of drug-likeness (QED) is 0.444. The second kappa shape index (κ2) is 9.09. The minimum absolute atomic E-state index is 0.0216.